The van der Waals surface area contributed by atoms with Gasteiger partial charge in [0.1, 0.15) is 50.1 Å². The molecule has 2 rings (SSSR count). The molecular formula is C24H26O10S. The van der Waals surface area contributed by atoms with Crippen LogP contribution in [0.4, 0.5) is 0 Å². The number of hydrogen-bond acceptors (Lipinski definition) is 10. The lowest BCUT2D eigenvalue weighted by molar-refractivity contribution is -0.142. The quantitative estimate of drug-likeness (QED) is 0.285. The molecule has 0 fully saturated rings. The number of rotatable bonds is 14. The van der Waals surface area contributed by atoms with Gasteiger partial charge in [-0.25, -0.2) is 18.0 Å². The molecule has 0 saturated carbocycles. The van der Waals surface area contributed by atoms with Gasteiger partial charge < -0.3 is 29.2 Å². The smallest absolute Gasteiger partial charge is 0.330 e. The summed E-state index contributed by atoms with van der Waals surface area (Å²) in [7, 11) is -3.82. The summed E-state index contributed by atoms with van der Waals surface area (Å²) in [5, 5.41) is 19.5. The highest BCUT2D eigenvalue weighted by Gasteiger charge is 2.18. The second-order valence-electron chi connectivity index (χ2n) is 7.04. The number of benzene rings is 2. The van der Waals surface area contributed by atoms with E-state index in [4.69, 9.17) is 18.9 Å². The normalized spacial score (nSPS) is 12.6. The molecule has 0 aliphatic rings. The van der Waals surface area contributed by atoms with Crippen molar-refractivity contribution in [2.75, 3.05) is 26.4 Å². The van der Waals surface area contributed by atoms with Crippen LogP contribution in [0.15, 0.2) is 83.6 Å². The fourth-order valence-electron chi connectivity index (χ4n) is 2.52. The highest BCUT2D eigenvalue weighted by molar-refractivity contribution is 7.91. The van der Waals surface area contributed by atoms with E-state index in [1.54, 1.807) is 0 Å². The van der Waals surface area contributed by atoms with Crippen molar-refractivity contribution in [1.29, 1.82) is 0 Å². The minimum atomic E-state index is -3.82. The van der Waals surface area contributed by atoms with Gasteiger partial charge in [0.2, 0.25) is 9.84 Å². The second kappa shape index (κ2) is 13.3. The molecule has 2 aromatic carbocycles. The third-order valence-electron chi connectivity index (χ3n) is 4.32. The van der Waals surface area contributed by atoms with Crippen molar-refractivity contribution in [2.24, 2.45) is 0 Å². The first-order chi connectivity index (χ1) is 16.6. The van der Waals surface area contributed by atoms with Crippen molar-refractivity contribution in [2.45, 2.75) is 22.0 Å². The summed E-state index contributed by atoms with van der Waals surface area (Å²) in [4.78, 5) is 22.0. The summed E-state index contributed by atoms with van der Waals surface area (Å²) in [6.45, 7) is 5.64. The highest BCUT2D eigenvalue weighted by Crippen LogP contribution is 2.25. The van der Waals surface area contributed by atoms with Gasteiger partial charge in [0.25, 0.3) is 0 Å². The van der Waals surface area contributed by atoms with Crippen LogP contribution < -0.4 is 9.47 Å². The van der Waals surface area contributed by atoms with Crippen LogP contribution >= 0.6 is 0 Å². The number of sulfone groups is 1. The van der Waals surface area contributed by atoms with Gasteiger partial charge in [-0.2, -0.15) is 0 Å². The van der Waals surface area contributed by atoms with Crippen molar-refractivity contribution in [1.82, 2.24) is 0 Å². The van der Waals surface area contributed by atoms with E-state index < -0.39 is 34.0 Å². The van der Waals surface area contributed by atoms with Gasteiger partial charge in [-0.15, -0.1) is 0 Å². The van der Waals surface area contributed by atoms with Gasteiger partial charge in [-0.3, -0.25) is 0 Å². The zero-order valence-electron chi connectivity index (χ0n) is 18.7. The predicted molar refractivity (Wildman–Crippen MR) is 124 cm³/mol. The van der Waals surface area contributed by atoms with Crippen LogP contribution in [0.2, 0.25) is 0 Å². The summed E-state index contributed by atoms with van der Waals surface area (Å²) in [6, 6.07) is 11.2. The lowest BCUT2D eigenvalue weighted by Gasteiger charge is -2.13. The molecule has 0 aliphatic heterocycles. The maximum Gasteiger partial charge on any atom is 0.330 e. The van der Waals surface area contributed by atoms with E-state index in [9.17, 15) is 28.2 Å². The lowest BCUT2D eigenvalue weighted by atomic mass is 10.3. The molecule has 35 heavy (non-hydrogen) atoms. The van der Waals surface area contributed by atoms with Crippen LogP contribution in [-0.4, -0.2) is 69.2 Å². The average molecular weight is 507 g/mol. The molecule has 0 spiro atoms. The molecule has 0 saturated heterocycles. The molecule has 188 valence electrons. The molecule has 0 bridgehead atoms. The first-order valence-corrected chi connectivity index (χ1v) is 11.8. The van der Waals surface area contributed by atoms with E-state index in [1.807, 2.05) is 0 Å². The average Bonchev–Trinajstić information content (AvgIpc) is 2.88. The fourth-order valence-corrected chi connectivity index (χ4v) is 3.78. The highest BCUT2D eigenvalue weighted by atomic mass is 32.2. The molecule has 1 unspecified atom stereocenters. The van der Waals surface area contributed by atoms with Crippen molar-refractivity contribution < 1.29 is 47.2 Å². The Labute approximate surface area is 202 Å². The first-order valence-electron chi connectivity index (χ1n) is 10.3. The zero-order valence-corrected chi connectivity index (χ0v) is 19.6. The molecule has 0 aliphatic carbocycles. The maximum atomic E-state index is 12.9. The van der Waals surface area contributed by atoms with Crippen molar-refractivity contribution >= 4 is 21.8 Å². The molecule has 0 amide bonds. The third-order valence-corrected chi connectivity index (χ3v) is 6.11. The number of carbonyl (C=O) groups excluding carboxylic acids is 2. The fraction of sp³-hybridized carbons (Fsp3) is 0.250. The number of aliphatic hydroxyl groups excluding tert-OH is 2. The van der Waals surface area contributed by atoms with Gasteiger partial charge >= 0.3 is 11.9 Å². The number of hydrogen-bond donors (Lipinski definition) is 2. The molecule has 0 heterocycles. The number of esters is 2. The Morgan fingerprint density at radius 3 is 1.37 bits per heavy atom. The molecule has 2 N–H and O–H groups in total. The maximum absolute atomic E-state index is 12.9. The molecule has 0 aromatic heterocycles. The summed E-state index contributed by atoms with van der Waals surface area (Å²) in [6.07, 6.45) is -0.175. The summed E-state index contributed by atoms with van der Waals surface area (Å²) >= 11 is 0. The van der Waals surface area contributed by atoms with Crippen molar-refractivity contribution in [3.8, 4) is 11.5 Å². The Bertz CT molecular complexity index is 1020. The minimum Gasteiger partial charge on any atom is -0.491 e. The number of carbonyl (C=O) groups is 2. The Balaban J connectivity index is 1.91. The summed E-state index contributed by atoms with van der Waals surface area (Å²) < 4.78 is 45.9. The van der Waals surface area contributed by atoms with Crippen molar-refractivity contribution in [3.63, 3.8) is 0 Å². The monoisotopic (exact) mass is 506 g/mol. The lowest BCUT2D eigenvalue weighted by Crippen LogP contribution is -2.24. The van der Waals surface area contributed by atoms with Gasteiger partial charge in [0.15, 0.2) is 0 Å². The molecular weight excluding hydrogens is 480 g/mol. The summed E-state index contributed by atoms with van der Waals surface area (Å²) in [5.74, 6) is -0.692. The Kier molecular flexibility index (Phi) is 10.5. The molecule has 10 nitrogen and oxygen atoms in total. The Morgan fingerprint density at radius 1 is 0.714 bits per heavy atom. The Morgan fingerprint density at radius 2 is 1.06 bits per heavy atom. The van der Waals surface area contributed by atoms with Crippen LogP contribution in [0.5, 0.6) is 11.5 Å². The molecule has 0 radical (unpaired) electrons. The SMILES string of the molecule is C=CC(=O)OCC(O)COc1ccc(S(=O)(=O)c2ccc(OC[C@H](O)COC(=O)C=C)cc2)cc1. The topological polar surface area (TPSA) is 146 Å². The molecule has 2 aromatic rings. The number of ether oxygens (including phenoxy) is 4. The second-order valence-corrected chi connectivity index (χ2v) is 8.99. The largest absolute Gasteiger partial charge is 0.491 e. The summed E-state index contributed by atoms with van der Waals surface area (Å²) in [5.41, 5.74) is 0. The van der Waals surface area contributed by atoms with Gasteiger partial charge in [-0.1, -0.05) is 13.2 Å². The van der Waals surface area contributed by atoms with E-state index in [2.05, 4.69) is 13.2 Å². The van der Waals surface area contributed by atoms with Crippen LogP contribution in [0.1, 0.15) is 0 Å². The van der Waals surface area contributed by atoms with Crippen LogP contribution in [0.25, 0.3) is 0 Å². The number of aliphatic hydroxyl groups is 2. The van der Waals surface area contributed by atoms with E-state index in [0.29, 0.717) is 11.5 Å². The van der Waals surface area contributed by atoms with Gasteiger partial charge in [-0.05, 0) is 48.5 Å². The van der Waals surface area contributed by atoms with E-state index in [0.717, 1.165) is 12.2 Å². The van der Waals surface area contributed by atoms with Crippen LogP contribution in [0.3, 0.4) is 0 Å². The van der Waals surface area contributed by atoms with Gasteiger partial charge in [0.05, 0.1) is 9.79 Å². The molecule has 2 atom stereocenters. The first kappa shape index (κ1) is 27.6. The van der Waals surface area contributed by atoms with E-state index >= 15 is 0 Å². The van der Waals surface area contributed by atoms with E-state index in [-0.39, 0.29) is 36.2 Å². The van der Waals surface area contributed by atoms with Crippen LogP contribution in [0, 0.1) is 0 Å². The predicted octanol–water partition coefficient (Wildman–Crippen LogP) is 1.46. The van der Waals surface area contributed by atoms with E-state index in [1.165, 1.54) is 48.5 Å². The van der Waals surface area contributed by atoms with Gasteiger partial charge in [0, 0.05) is 12.2 Å². The standard InChI is InChI=1S/C24H26O10S/c1-3-23(27)33-15-17(25)13-31-19-5-9-21(10-6-19)35(29,30)22-11-7-20(8-12-22)32-14-18(26)16-34-24(28)4-2/h3-12,17-18,25-26H,1-2,13-16H2/t17-,18?/m0/s1. The molecule has 11 heteroatoms. The Hall–Kier alpha value is -3.67. The zero-order chi connectivity index (χ0) is 25.8. The van der Waals surface area contributed by atoms with Crippen LogP contribution in [-0.2, 0) is 28.9 Å². The van der Waals surface area contributed by atoms with Crippen molar-refractivity contribution in [3.05, 3.63) is 73.8 Å². The third kappa shape index (κ3) is 8.89. The minimum absolute atomic E-state index is 0.0263.